The summed E-state index contributed by atoms with van der Waals surface area (Å²) >= 11 is 4.92. The first-order valence-electron chi connectivity index (χ1n) is 7.14. The highest BCUT2D eigenvalue weighted by Gasteiger charge is 2.12. The molecule has 0 unspecified atom stereocenters. The number of nitrogens with one attached hydrogen (secondary N) is 3. The summed E-state index contributed by atoms with van der Waals surface area (Å²) in [5.74, 6) is -0.961. The van der Waals surface area contributed by atoms with Crippen LogP contribution in [0.25, 0.3) is 0 Å². The molecule has 2 amide bonds. The minimum Gasteiger partial charge on any atom is -0.302 e. The number of amides is 2. The van der Waals surface area contributed by atoms with Gasteiger partial charge in [0.15, 0.2) is 5.11 Å². The van der Waals surface area contributed by atoms with Crippen LogP contribution in [-0.4, -0.2) is 21.9 Å². The van der Waals surface area contributed by atoms with Gasteiger partial charge in [0.1, 0.15) is 0 Å². The fourth-order valence-electron chi connectivity index (χ4n) is 1.93. The quantitative estimate of drug-likeness (QED) is 0.433. The Morgan fingerprint density at radius 3 is 2.44 bits per heavy atom. The predicted octanol–water partition coefficient (Wildman–Crippen LogP) is 1.47. The van der Waals surface area contributed by atoms with Gasteiger partial charge in [-0.15, -0.1) is 0 Å². The summed E-state index contributed by atoms with van der Waals surface area (Å²) < 4.78 is 0. The van der Waals surface area contributed by atoms with Crippen LogP contribution < -0.4 is 16.2 Å². The first kappa shape index (κ1) is 18.0. The van der Waals surface area contributed by atoms with E-state index >= 15 is 0 Å². The summed E-state index contributed by atoms with van der Waals surface area (Å²) in [6.07, 6.45) is 0.140. The number of carbonyl (C=O) groups is 2. The van der Waals surface area contributed by atoms with Crippen LogP contribution in [-0.2, 0) is 11.2 Å². The van der Waals surface area contributed by atoms with Crippen molar-refractivity contribution in [3.63, 3.8) is 0 Å². The maximum absolute atomic E-state index is 11.9. The van der Waals surface area contributed by atoms with E-state index in [1.54, 1.807) is 12.1 Å². The largest absolute Gasteiger partial charge is 0.302 e. The molecule has 2 aromatic carbocycles. The molecule has 0 atom stereocenters. The summed E-state index contributed by atoms with van der Waals surface area (Å²) in [5, 5.41) is 13.0. The molecule has 0 saturated carbocycles. The minimum absolute atomic E-state index is 0.0834. The van der Waals surface area contributed by atoms with Gasteiger partial charge in [0.05, 0.1) is 11.3 Å². The van der Waals surface area contributed by atoms with E-state index in [4.69, 9.17) is 12.2 Å². The molecule has 128 valence electrons. The highest BCUT2D eigenvalue weighted by atomic mass is 32.1. The Labute approximate surface area is 148 Å². The van der Waals surface area contributed by atoms with Crippen LogP contribution in [0.15, 0.2) is 54.6 Å². The van der Waals surface area contributed by atoms with Crippen molar-refractivity contribution in [3.8, 4) is 0 Å². The fourth-order valence-corrected chi connectivity index (χ4v) is 2.09. The molecule has 9 heteroatoms. The zero-order valence-corrected chi connectivity index (χ0v) is 13.7. The van der Waals surface area contributed by atoms with Crippen LogP contribution in [0.1, 0.15) is 15.9 Å². The van der Waals surface area contributed by atoms with Gasteiger partial charge in [-0.25, -0.2) is 0 Å². The maximum Gasteiger partial charge on any atom is 0.270 e. The van der Waals surface area contributed by atoms with E-state index in [1.807, 2.05) is 18.2 Å². The lowest BCUT2D eigenvalue weighted by Gasteiger charge is -2.10. The van der Waals surface area contributed by atoms with Crippen LogP contribution >= 0.6 is 12.2 Å². The predicted molar refractivity (Wildman–Crippen MR) is 94.6 cm³/mol. The third-order valence-electron chi connectivity index (χ3n) is 3.07. The van der Waals surface area contributed by atoms with Crippen molar-refractivity contribution in [2.45, 2.75) is 6.42 Å². The number of nitro groups is 1. The van der Waals surface area contributed by atoms with Gasteiger partial charge in [0.2, 0.25) is 5.91 Å². The van der Waals surface area contributed by atoms with Crippen molar-refractivity contribution in [2.24, 2.45) is 0 Å². The van der Waals surface area contributed by atoms with Crippen LogP contribution in [0.4, 0.5) is 5.69 Å². The number of hydrogen-bond acceptors (Lipinski definition) is 5. The SMILES string of the molecule is O=C(Cc1ccccc1)NC(=S)NNC(=O)c1cccc([N+](=O)[O-])c1. The van der Waals surface area contributed by atoms with E-state index in [-0.39, 0.29) is 28.7 Å². The first-order valence-corrected chi connectivity index (χ1v) is 7.55. The van der Waals surface area contributed by atoms with Crippen molar-refractivity contribution in [3.05, 3.63) is 75.8 Å². The molecule has 3 N–H and O–H groups in total. The number of thiocarbonyl (C=S) groups is 1. The van der Waals surface area contributed by atoms with Gasteiger partial charge in [-0.05, 0) is 23.8 Å². The van der Waals surface area contributed by atoms with Gasteiger partial charge in [0, 0.05) is 17.7 Å². The molecule has 25 heavy (non-hydrogen) atoms. The van der Waals surface area contributed by atoms with Gasteiger partial charge in [0.25, 0.3) is 11.6 Å². The second-order valence-electron chi connectivity index (χ2n) is 4.93. The summed E-state index contributed by atoms with van der Waals surface area (Å²) in [7, 11) is 0. The van der Waals surface area contributed by atoms with Gasteiger partial charge in [-0.1, -0.05) is 36.4 Å². The Hall–Kier alpha value is -3.33. The second-order valence-corrected chi connectivity index (χ2v) is 5.33. The van der Waals surface area contributed by atoms with Crippen molar-refractivity contribution in [2.75, 3.05) is 0 Å². The fraction of sp³-hybridized carbons (Fsp3) is 0.0625. The van der Waals surface area contributed by atoms with Crippen molar-refractivity contribution in [1.29, 1.82) is 0 Å². The smallest absolute Gasteiger partial charge is 0.270 e. The number of hydrazine groups is 1. The van der Waals surface area contributed by atoms with E-state index in [2.05, 4.69) is 16.2 Å². The van der Waals surface area contributed by atoms with Crippen LogP contribution in [0.5, 0.6) is 0 Å². The van der Waals surface area contributed by atoms with E-state index < -0.39 is 10.8 Å². The number of non-ortho nitro benzene ring substituents is 1. The summed E-state index contributed by atoms with van der Waals surface area (Å²) in [4.78, 5) is 33.9. The van der Waals surface area contributed by atoms with Crippen molar-refractivity contribution >= 4 is 34.8 Å². The maximum atomic E-state index is 11.9. The molecule has 2 rings (SSSR count). The van der Waals surface area contributed by atoms with E-state index in [0.29, 0.717) is 0 Å². The number of hydrogen-bond donors (Lipinski definition) is 3. The number of nitro benzene ring substituents is 1. The molecule has 0 heterocycles. The van der Waals surface area contributed by atoms with Crippen LogP contribution in [0, 0.1) is 10.1 Å². The molecule has 0 aliphatic heterocycles. The Morgan fingerprint density at radius 1 is 1.04 bits per heavy atom. The zero-order chi connectivity index (χ0) is 18.2. The summed E-state index contributed by atoms with van der Waals surface area (Å²) in [6, 6.07) is 14.3. The number of carbonyl (C=O) groups excluding carboxylic acids is 2. The Morgan fingerprint density at radius 2 is 1.76 bits per heavy atom. The first-order chi connectivity index (χ1) is 12.0. The minimum atomic E-state index is -0.622. The number of benzene rings is 2. The van der Waals surface area contributed by atoms with Gasteiger partial charge in [-0.3, -0.25) is 30.6 Å². The summed E-state index contributed by atoms with van der Waals surface area (Å²) in [5.41, 5.74) is 5.35. The lowest BCUT2D eigenvalue weighted by atomic mass is 10.1. The van der Waals surface area contributed by atoms with Gasteiger partial charge < -0.3 is 5.32 Å². The molecule has 0 saturated heterocycles. The normalized spacial score (nSPS) is 9.76. The van der Waals surface area contributed by atoms with E-state index in [0.717, 1.165) is 11.6 Å². The lowest BCUT2D eigenvalue weighted by molar-refractivity contribution is -0.384. The molecular formula is C16H14N4O4S. The van der Waals surface area contributed by atoms with Crippen molar-refractivity contribution < 1.29 is 14.5 Å². The standard InChI is InChI=1S/C16H14N4O4S/c21-14(9-11-5-2-1-3-6-11)17-16(25)19-18-15(22)12-7-4-8-13(10-12)20(23)24/h1-8,10H,9H2,(H,18,22)(H2,17,19,21,25). The average Bonchev–Trinajstić information content (AvgIpc) is 2.60. The molecule has 2 aromatic rings. The summed E-state index contributed by atoms with van der Waals surface area (Å²) in [6.45, 7) is 0. The van der Waals surface area contributed by atoms with E-state index in [9.17, 15) is 19.7 Å². The topological polar surface area (TPSA) is 113 Å². The molecule has 0 radical (unpaired) electrons. The molecule has 0 bridgehead atoms. The van der Waals surface area contributed by atoms with Gasteiger partial charge >= 0.3 is 0 Å². The number of rotatable bonds is 4. The lowest BCUT2D eigenvalue weighted by Crippen LogP contribution is -2.48. The molecule has 0 aromatic heterocycles. The molecular weight excluding hydrogens is 344 g/mol. The van der Waals surface area contributed by atoms with Crippen LogP contribution in [0.3, 0.4) is 0 Å². The second kappa shape index (κ2) is 8.50. The Balaban J connectivity index is 1.83. The molecule has 8 nitrogen and oxygen atoms in total. The third kappa shape index (κ3) is 5.66. The third-order valence-corrected chi connectivity index (χ3v) is 3.27. The van der Waals surface area contributed by atoms with Crippen LogP contribution in [0.2, 0.25) is 0 Å². The Kier molecular flexibility index (Phi) is 6.13. The monoisotopic (exact) mass is 358 g/mol. The highest BCUT2D eigenvalue weighted by molar-refractivity contribution is 7.80. The van der Waals surface area contributed by atoms with E-state index in [1.165, 1.54) is 18.2 Å². The molecule has 0 aliphatic carbocycles. The van der Waals surface area contributed by atoms with Crippen molar-refractivity contribution in [1.82, 2.24) is 16.2 Å². The van der Waals surface area contributed by atoms with Gasteiger partial charge in [-0.2, -0.15) is 0 Å². The highest BCUT2D eigenvalue weighted by Crippen LogP contribution is 2.12. The zero-order valence-electron chi connectivity index (χ0n) is 12.9. The Bertz CT molecular complexity index is 811. The molecule has 0 aliphatic rings. The number of nitrogens with zero attached hydrogens (tertiary/aromatic N) is 1. The molecule has 0 fully saturated rings. The molecule has 0 spiro atoms. The average molecular weight is 358 g/mol.